The average molecular weight is 213 g/mol. The van der Waals surface area contributed by atoms with E-state index in [9.17, 15) is 9.59 Å². The number of ether oxygens (including phenoxy) is 1. The molecule has 15 heavy (non-hydrogen) atoms. The van der Waals surface area contributed by atoms with Gasteiger partial charge >= 0.3 is 6.09 Å². The highest BCUT2D eigenvalue weighted by molar-refractivity contribution is 5.80. The van der Waals surface area contributed by atoms with Crippen molar-refractivity contribution in [2.24, 2.45) is 5.92 Å². The Morgan fingerprint density at radius 2 is 2.20 bits per heavy atom. The number of carbonyl (C=O) groups excluding carboxylic acids is 2. The zero-order chi connectivity index (χ0) is 11.7. The van der Waals surface area contributed by atoms with E-state index in [1.807, 2.05) is 6.92 Å². The van der Waals surface area contributed by atoms with Gasteiger partial charge in [-0.3, -0.25) is 0 Å². The van der Waals surface area contributed by atoms with E-state index in [0.29, 0.717) is 0 Å². The van der Waals surface area contributed by atoms with Gasteiger partial charge in [-0.05, 0) is 33.1 Å². The van der Waals surface area contributed by atoms with Gasteiger partial charge in [0.15, 0.2) is 0 Å². The van der Waals surface area contributed by atoms with Crippen molar-refractivity contribution in [1.29, 1.82) is 0 Å². The van der Waals surface area contributed by atoms with Crippen molar-refractivity contribution in [2.45, 2.75) is 51.7 Å². The second-order valence-electron chi connectivity index (χ2n) is 5.09. The van der Waals surface area contributed by atoms with Crippen LogP contribution in [0.25, 0.3) is 0 Å². The molecule has 0 aliphatic heterocycles. The standard InChI is InChI=1S/C11H19NO3/c1-5-8-6-11(8,7-13)12-9(14)15-10(2,3)4/h7-8H,5-6H2,1-4H3,(H,12,14)/t8-,11-/m1/s1. The third-order valence-electron chi connectivity index (χ3n) is 2.59. The molecule has 0 aromatic heterocycles. The fourth-order valence-corrected chi connectivity index (χ4v) is 1.68. The molecule has 0 aromatic rings. The summed E-state index contributed by atoms with van der Waals surface area (Å²) in [4.78, 5) is 22.3. The van der Waals surface area contributed by atoms with Crippen LogP contribution < -0.4 is 5.32 Å². The van der Waals surface area contributed by atoms with E-state index in [1.165, 1.54) is 0 Å². The van der Waals surface area contributed by atoms with Gasteiger partial charge in [0.1, 0.15) is 17.4 Å². The molecule has 1 N–H and O–H groups in total. The van der Waals surface area contributed by atoms with Crippen molar-refractivity contribution in [3.05, 3.63) is 0 Å². The lowest BCUT2D eigenvalue weighted by molar-refractivity contribution is -0.110. The van der Waals surface area contributed by atoms with Crippen LogP contribution in [0.1, 0.15) is 40.5 Å². The Hall–Kier alpha value is -1.06. The molecule has 1 amide bonds. The number of hydrogen-bond acceptors (Lipinski definition) is 3. The molecule has 4 heteroatoms. The number of aldehydes is 1. The first-order valence-corrected chi connectivity index (χ1v) is 5.30. The Kier molecular flexibility index (Phi) is 3.07. The summed E-state index contributed by atoms with van der Waals surface area (Å²) < 4.78 is 5.10. The molecule has 86 valence electrons. The Labute approximate surface area is 90.4 Å². The summed E-state index contributed by atoms with van der Waals surface area (Å²) in [5.41, 5.74) is -1.18. The average Bonchev–Trinajstić information content (AvgIpc) is 2.76. The first kappa shape index (κ1) is 12.0. The predicted molar refractivity (Wildman–Crippen MR) is 56.6 cm³/mol. The Morgan fingerprint density at radius 3 is 2.53 bits per heavy atom. The zero-order valence-electron chi connectivity index (χ0n) is 9.79. The summed E-state index contributed by atoms with van der Waals surface area (Å²) >= 11 is 0. The number of rotatable bonds is 3. The zero-order valence-corrected chi connectivity index (χ0v) is 9.79. The van der Waals surface area contributed by atoms with Crippen LogP contribution in [-0.2, 0) is 9.53 Å². The molecule has 4 nitrogen and oxygen atoms in total. The first-order chi connectivity index (χ1) is 6.83. The van der Waals surface area contributed by atoms with E-state index in [0.717, 1.165) is 19.1 Å². The molecule has 0 radical (unpaired) electrons. The number of nitrogens with one attached hydrogen (secondary N) is 1. The van der Waals surface area contributed by atoms with Gasteiger partial charge in [0.2, 0.25) is 0 Å². The number of amides is 1. The molecule has 1 aliphatic rings. The van der Waals surface area contributed by atoms with Gasteiger partial charge in [-0.1, -0.05) is 13.3 Å². The lowest BCUT2D eigenvalue weighted by atomic mass is 10.2. The molecule has 0 unspecified atom stereocenters. The van der Waals surface area contributed by atoms with Gasteiger partial charge in [-0.2, -0.15) is 0 Å². The van der Waals surface area contributed by atoms with Crippen LogP contribution in [0.4, 0.5) is 4.79 Å². The third kappa shape index (κ3) is 2.94. The summed E-state index contributed by atoms with van der Waals surface area (Å²) in [6.07, 6.45) is 1.94. The molecular weight excluding hydrogens is 194 g/mol. The van der Waals surface area contributed by atoms with Gasteiger partial charge < -0.3 is 14.8 Å². The van der Waals surface area contributed by atoms with Crippen molar-refractivity contribution in [1.82, 2.24) is 5.32 Å². The van der Waals surface area contributed by atoms with Crippen molar-refractivity contribution < 1.29 is 14.3 Å². The van der Waals surface area contributed by atoms with E-state index in [2.05, 4.69) is 5.32 Å². The minimum absolute atomic E-state index is 0.266. The Balaban J connectivity index is 2.48. The smallest absolute Gasteiger partial charge is 0.408 e. The maximum absolute atomic E-state index is 11.4. The molecule has 2 atom stereocenters. The Morgan fingerprint density at radius 1 is 1.60 bits per heavy atom. The normalized spacial score (nSPS) is 29.5. The van der Waals surface area contributed by atoms with Crippen molar-refractivity contribution in [3.8, 4) is 0 Å². The molecule has 1 aliphatic carbocycles. The van der Waals surface area contributed by atoms with Crippen LogP contribution in [0.5, 0.6) is 0 Å². The van der Waals surface area contributed by atoms with E-state index in [1.54, 1.807) is 20.8 Å². The van der Waals surface area contributed by atoms with Gasteiger partial charge in [-0.15, -0.1) is 0 Å². The van der Waals surface area contributed by atoms with E-state index in [-0.39, 0.29) is 5.92 Å². The first-order valence-electron chi connectivity index (χ1n) is 5.30. The second kappa shape index (κ2) is 3.83. The monoisotopic (exact) mass is 213 g/mol. The summed E-state index contributed by atoms with van der Waals surface area (Å²) in [6, 6.07) is 0. The molecular formula is C11H19NO3. The lowest BCUT2D eigenvalue weighted by Gasteiger charge is -2.21. The molecule has 0 bridgehead atoms. The highest BCUT2D eigenvalue weighted by atomic mass is 16.6. The summed E-state index contributed by atoms with van der Waals surface area (Å²) in [5, 5.41) is 2.65. The fourth-order valence-electron chi connectivity index (χ4n) is 1.68. The number of carbonyl (C=O) groups is 2. The SMILES string of the molecule is CC[C@@H]1C[C@]1(C=O)NC(=O)OC(C)(C)C. The van der Waals surface area contributed by atoms with Crippen molar-refractivity contribution >= 4 is 12.4 Å². The Bertz CT molecular complexity index is 269. The lowest BCUT2D eigenvalue weighted by Crippen LogP contribution is -2.43. The van der Waals surface area contributed by atoms with E-state index >= 15 is 0 Å². The maximum Gasteiger partial charge on any atom is 0.408 e. The third-order valence-corrected chi connectivity index (χ3v) is 2.59. The number of hydrogen-bond donors (Lipinski definition) is 1. The molecule has 1 rings (SSSR count). The summed E-state index contributed by atoms with van der Waals surface area (Å²) in [6.45, 7) is 7.39. The highest BCUT2D eigenvalue weighted by Gasteiger charge is 2.54. The van der Waals surface area contributed by atoms with Gasteiger partial charge in [-0.25, -0.2) is 4.79 Å². The van der Waals surface area contributed by atoms with Crippen LogP contribution >= 0.6 is 0 Å². The summed E-state index contributed by atoms with van der Waals surface area (Å²) in [7, 11) is 0. The maximum atomic E-state index is 11.4. The van der Waals surface area contributed by atoms with Crippen LogP contribution in [0.2, 0.25) is 0 Å². The second-order valence-corrected chi connectivity index (χ2v) is 5.09. The topological polar surface area (TPSA) is 55.4 Å². The molecule has 0 spiro atoms. The minimum Gasteiger partial charge on any atom is -0.444 e. The molecule has 1 saturated carbocycles. The molecule has 0 aromatic carbocycles. The van der Waals surface area contributed by atoms with Gasteiger partial charge in [0.25, 0.3) is 0 Å². The van der Waals surface area contributed by atoms with Crippen LogP contribution in [0.3, 0.4) is 0 Å². The molecule has 0 saturated heterocycles. The number of alkyl carbamates (subject to hydrolysis) is 1. The summed E-state index contributed by atoms with van der Waals surface area (Å²) in [5.74, 6) is 0.266. The fraction of sp³-hybridized carbons (Fsp3) is 0.818. The van der Waals surface area contributed by atoms with Crippen LogP contribution in [0, 0.1) is 5.92 Å². The largest absolute Gasteiger partial charge is 0.444 e. The van der Waals surface area contributed by atoms with Crippen molar-refractivity contribution in [2.75, 3.05) is 0 Å². The molecule has 0 heterocycles. The predicted octanol–water partition coefficient (Wildman–Crippen LogP) is 1.88. The molecule has 1 fully saturated rings. The van der Waals surface area contributed by atoms with Crippen LogP contribution in [-0.4, -0.2) is 23.5 Å². The van der Waals surface area contributed by atoms with Gasteiger partial charge in [0, 0.05) is 0 Å². The minimum atomic E-state index is -0.656. The quantitative estimate of drug-likeness (QED) is 0.728. The van der Waals surface area contributed by atoms with E-state index in [4.69, 9.17) is 4.74 Å². The van der Waals surface area contributed by atoms with Crippen LogP contribution in [0.15, 0.2) is 0 Å². The van der Waals surface area contributed by atoms with Gasteiger partial charge in [0.05, 0.1) is 0 Å². The van der Waals surface area contributed by atoms with E-state index < -0.39 is 17.2 Å². The highest BCUT2D eigenvalue weighted by Crippen LogP contribution is 2.44. The van der Waals surface area contributed by atoms with Crippen molar-refractivity contribution in [3.63, 3.8) is 0 Å².